The van der Waals surface area contributed by atoms with Crippen molar-refractivity contribution in [1.29, 1.82) is 0 Å². The van der Waals surface area contributed by atoms with Crippen LogP contribution in [0.2, 0.25) is 0 Å². The monoisotopic (exact) mass is 602 g/mol. The normalized spacial score (nSPS) is 10.6. The van der Waals surface area contributed by atoms with Gasteiger partial charge in [0.1, 0.15) is 5.75 Å². The number of hydrogen-bond acceptors (Lipinski definition) is 6. The van der Waals surface area contributed by atoms with Gasteiger partial charge >= 0.3 is 12.0 Å². The van der Waals surface area contributed by atoms with Crippen LogP contribution in [-0.2, 0) is 25.5 Å². The van der Waals surface area contributed by atoms with E-state index in [9.17, 15) is 19.2 Å². The van der Waals surface area contributed by atoms with Crippen molar-refractivity contribution in [3.8, 4) is 5.75 Å². The number of carbonyl (C=O) groups excluding carboxylic acids is 4. The van der Waals surface area contributed by atoms with Crippen LogP contribution in [0.15, 0.2) is 66.7 Å². The van der Waals surface area contributed by atoms with Gasteiger partial charge in [0.2, 0.25) is 5.91 Å². The fourth-order valence-corrected chi connectivity index (χ4v) is 4.69. The minimum absolute atomic E-state index is 0.0752. The maximum Gasteiger partial charge on any atom is 0.319 e. The summed E-state index contributed by atoms with van der Waals surface area (Å²) in [4.78, 5) is 54.0. The molecule has 4 amide bonds. The zero-order valence-electron chi connectivity index (χ0n) is 26.3. The molecule has 0 spiro atoms. The van der Waals surface area contributed by atoms with Gasteiger partial charge in [0.05, 0.1) is 25.8 Å². The molecule has 10 nitrogen and oxygen atoms in total. The average Bonchev–Trinajstić information content (AvgIpc) is 2.99. The molecule has 0 atom stereocenters. The minimum atomic E-state index is -0.568. The van der Waals surface area contributed by atoms with Gasteiger partial charge in [-0.3, -0.25) is 14.4 Å². The highest BCUT2D eigenvalue weighted by Gasteiger charge is 2.22. The number of likely N-dealkylation sites (N-methyl/N-ethyl adjacent to an activating group) is 1. The van der Waals surface area contributed by atoms with Crippen LogP contribution >= 0.6 is 0 Å². The van der Waals surface area contributed by atoms with E-state index in [2.05, 4.69) is 24.5 Å². The third-order valence-electron chi connectivity index (χ3n) is 7.05. The van der Waals surface area contributed by atoms with Gasteiger partial charge in [-0.25, -0.2) is 4.79 Å². The summed E-state index contributed by atoms with van der Waals surface area (Å²) in [6.45, 7) is 7.94. The molecule has 0 aromatic heterocycles. The van der Waals surface area contributed by atoms with Crippen LogP contribution < -0.4 is 25.2 Å². The van der Waals surface area contributed by atoms with E-state index in [1.165, 1.54) is 7.11 Å². The first kappa shape index (κ1) is 33.6. The van der Waals surface area contributed by atoms with E-state index in [0.29, 0.717) is 41.6 Å². The first-order valence-electron chi connectivity index (χ1n) is 14.6. The summed E-state index contributed by atoms with van der Waals surface area (Å²) >= 11 is 0. The highest BCUT2D eigenvalue weighted by atomic mass is 16.5. The summed E-state index contributed by atoms with van der Waals surface area (Å²) in [5.41, 5.74) is 4.47. The molecule has 0 aliphatic carbocycles. The fourth-order valence-electron chi connectivity index (χ4n) is 4.69. The minimum Gasteiger partial charge on any atom is -0.482 e. The van der Waals surface area contributed by atoms with Crippen LogP contribution in [0, 0.1) is 19.8 Å². The first-order valence-corrected chi connectivity index (χ1v) is 14.6. The van der Waals surface area contributed by atoms with Gasteiger partial charge in [-0.2, -0.15) is 0 Å². The molecule has 3 aromatic rings. The summed E-state index contributed by atoms with van der Waals surface area (Å²) in [5, 5.41) is 5.31. The molecule has 0 unspecified atom stereocenters. The van der Waals surface area contributed by atoms with Crippen LogP contribution in [0.5, 0.6) is 5.75 Å². The Kier molecular flexibility index (Phi) is 12.3. The Hall–Kier alpha value is -4.86. The summed E-state index contributed by atoms with van der Waals surface area (Å²) in [7, 11) is 3.03. The molecule has 0 bridgehead atoms. The number of ether oxygens (including phenoxy) is 2. The molecular weight excluding hydrogens is 560 g/mol. The van der Waals surface area contributed by atoms with Crippen LogP contribution in [-0.4, -0.2) is 57.7 Å². The fraction of sp³-hybridized carbons (Fsp3) is 0.353. The maximum atomic E-state index is 13.5. The summed E-state index contributed by atoms with van der Waals surface area (Å²) in [6, 6.07) is 19.2. The Labute approximate surface area is 259 Å². The van der Waals surface area contributed by atoms with Crippen molar-refractivity contribution in [2.45, 2.75) is 40.5 Å². The van der Waals surface area contributed by atoms with E-state index in [4.69, 9.17) is 9.47 Å². The zero-order valence-corrected chi connectivity index (χ0v) is 26.3. The molecule has 0 heterocycles. The van der Waals surface area contributed by atoms with Crippen molar-refractivity contribution in [3.05, 3.63) is 83.4 Å². The van der Waals surface area contributed by atoms with Gasteiger partial charge in [0.25, 0.3) is 5.91 Å². The standard InChI is InChI=1S/C34H42N4O6/c1-23(2)17-18-38(30(39)21-35-34(42)36-27-14-10-13-26(19-27)20-32(41)43-6)28-15-7-8-16-29(28)44-22-31(40)37(5)33-24(3)11-9-12-25(33)4/h7-16,19,23H,17-18,20-22H2,1-6H3,(H2,35,36,42). The second kappa shape index (κ2) is 16.1. The van der Waals surface area contributed by atoms with Gasteiger partial charge in [0, 0.05) is 25.0 Å². The van der Waals surface area contributed by atoms with Gasteiger partial charge < -0.3 is 29.9 Å². The van der Waals surface area contributed by atoms with E-state index in [0.717, 1.165) is 16.8 Å². The highest BCUT2D eigenvalue weighted by molar-refractivity contribution is 6.00. The number of nitrogens with zero attached hydrogens (tertiary/aromatic N) is 2. The van der Waals surface area contributed by atoms with Crippen molar-refractivity contribution in [3.63, 3.8) is 0 Å². The molecule has 0 radical (unpaired) electrons. The highest BCUT2D eigenvalue weighted by Crippen LogP contribution is 2.30. The number of methoxy groups -OCH3 is 1. The van der Waals surface area contributed by atoms with E-state index < -0.39 is 6.03 Å². The van der Waals surface area contributed by atoms with E-state index >= 15 is 0 Å². The molecule has 3 rings (SSSR count). The van der Waals surface area contributed by atoms with E-state index in [1.54, 1.807) is 65.4 Å². The largest absolute Gasteiger partial charge is 0.482 e. The molecular formula is C34H42N4O6. The third-order valence-corrected chi connectivity index (χ3v) is 7.05. The number of para-hydroxylation sites is 3. The Morgan fingerprint density at radius 2 is 1.57 bits per heavy atom. The Morgan fingerprint density at radius 1 is 0.886 bits per heavy atom. The first-order chi connectivity index (χ1) is 21.0. The third kappa shape index (κ3) is 9.58. The number of urea groups is 1. The summed E-state index contributed by atoms with van der Waals surface area (Å²) in [5.74, 6) is -0.249. The SMILES string of the molecule is COC(=O)Cc1cccc(NC(=O)NCC(=O)N(CCC(C)C)c2ccccc2OCC(=O)N(C)c2c(C)cccc2C)c1. The van der Waals surface area contributed by atoms with Gasteiger partial charge in [0.15, 0.2) is 6.61 Å². The molecule has 2 N–H and O–H groups in total. The number of carbonyl (C=O) groups is 4. The number of anilines is 3. The lowest BCUT2D eigenvalue weighted by atomic mass is 10.1. The van der Waals surface area contributed by atoms with Crippen molar-refractivity contribution >= 4 is 40.9 Å². The predicted molar refractivity (Wildman–Crippen MR) is 172 cm³/mol. The second-order valence-corrected chi connectivity index (χ2v) is 10.9. The van der Waals surface area contributed by atoms with Crippen LogP contribution in [0.3, 0.4) is 0 Å². The number of aryl methyl sites for hydroxylation is 2. The lowest BCUT2D eigenvalue weighted by molar-refractivity contribution is -0.139. The lowest BCUT2D eigenvalue weighted by Crippen LogP contribution is -2.42. The van der Waals surface area contributed by atoms with E-state index in [-0.39, 0.29) is 37.4 Å². The summed E-state index contributed by atoms with van der Waals surface area (Å²) < 4.78 is 10.7. The van der Waals surface area contributed by atoms with Crippen LogP contribution in [0.25, 0.3) is 0 Å². The lowest BCUT2D eigenvalue weighted by Gasteiger charge is -2.27. The van der Waals surface area contributed by atoms with Crippen LogP contribution in [0.4, 0.5) is 21.9 Å². The smallest absolute Gasteiger partial charge is 0.319 e. The van der Waals surface area contributed by atoms with Crippen molar-refractivity contribution in [2.24, 2.45) is 5.92 Å². The number of nitrogens with one attached hydrogen (secondary N) is 2. The Balaban J connectivity index is 1.69. The molecule has 0 saturated carbocycles. The van der Waals surface area contributed by atoms with E-state index in [1.807, 2.05) is 32.0 Å². The Bertz CT molecular complexity index is 1450. The van der Waals surface area contributed by atoms with Crippen molar-refractivity contribution in [1.82, 2.24) is 5.32 Å². The zero-order chi connectivity index (χ0) is 32.2. The Morgan fingerprint density at radius 3 is 2.25 bits per heavy atom. The maximum absolute atomic E-state index is 13.5. The molecule has 0 aliphatic heterocycles. The molecule has 10 heteroatoms. The van der Waals surface area contributed by atoms with Gasteiger partial charge in [-0.05, 0) is 67.1 Å². The predicted octanol–water partition coefficient (Wildman–Crippen LogP) is 5.26. The number of amides is 4. The number of benzene rings is 3. The van der Waals surface area contributed by atoms with Crippen LogP contribution in [0.1, 0.15) is 37.0 Å². The molecule has 0 fully saturated rings. The molecule has 0 saturated heterocycles. The number of rotatable bonds is 13. The molecule has 3 aromatic carbocycles. The van der Waals surface area contributed by atoms with Gasteiger partial charge in [-0.1, -0.05) is 56.3 Å². The quantitative estimate of drug-likeness (QED) is 0.258. The van der Waals surface area contributed by atoms with Crippen molar-refractivity contribution in [2.75, 3.05) is 49.0 Å². The topological polar surface area (TPSA) is 117 Å². The number of esters is 1. The summed E-state index contributed by atoms with van der Waals surface area (Å²) in [6.07, 6.45) is 0.791. The average molecular weight is 603 g/mol. The van der Waals surface area contributed by atoms with Gasteiger partial charge in [-0.15, -0.1) is 0 Å². The molecule has 44 heavy (non-hydrogen) atoms. The number of hydrogen-bond donors (Lipinski definition) is 2. The van der Waals surface area contributed by atoms with Crippen molar-refractivity contribution < 1.29 is 28.7 Å². The second-order valence-electron chi connectivity index (χ2n) is 10.9. The molecule has 234 valence electrons. The molecule has 0 aliphatic rings.